The van der Waals surface area contributed by atoms with Gasteiger partial charge in [-0.25, -0.2) is 4.98 Å². The minimum Gasteiger partial charge on any atom is -0.337 e. The Kier molecular flexibility index (Phi) is 3.68. The van der Waals surface area contributed by atoms with E-state index in [4.69, 9.17) is 27.7 Å². The predicted octanol–water partition coefficient (Wildman–Crippen LogP) is 3.25. The molecule has 5 nitrogen and oxygen atoms in total. The molecule has 0 aromatic carbocycles. The van der Waals surface area contributed by atoms with Gasteiger partial charge in [-0.15, -0.1) is 0 Å². The van der Waals surface area contributed by atoms with Crippen molar-refractivity contribution in [2.45, 2.75) is 25.3 Å². The summed E-state index contributed by atoms with van der Waals surface area (Å²) in [7, 11) is 0. The maximum atomic E-state index is 6.07. The Morgan fingerprint density at radius 2 is 2.21 bits per heavy atom. The first-order chi connectivity index (χ1) is 9.24. The molecular weight excluding hydrogens is 287 g/mol. The van der Waals surface area contributed by atoms with Gasteiger partial charge in [0.25, 0.3) is 0 Å². The number of rotatable bonds is 2. The van der Waals surface area contributed by atoms with Gasteiger partial charge in [-0.05, 0) is 25.5 Å². The summed E-state index contributed by atoms with van der Waals surface area (Å²) >= 11 is 11.9. The van der Waals surface area contributed by atoms with Crippen LogP contribution < -0.4 is 5.32 Å². The molecule has 7 heteroatoms. The molecule has 3 rings (SSSR count). The van der Waals surface area contributed by atoms with Crippen molar-refractivity contribution in [3.63, 3.8) is 0 Å². The lowest BCUT2D eigenvalue weighted by atomic mass is 10.1. The summed E-state index contributed by atoms with van der Waals surface area (Å²) in [5.74, 6) is 0.978. The molecule has 0 radical (unpaired) electrons. The second-order valence-electron chi connectivity index (χ2n) is 4.44. The van der Waals surface area contributed by atoms with E-state index in [2.05, 4.69) is 20.4 Å². The van der Waals surface area contributed by atoms with Crippen LogP contribution in [-0.4, -0.2) is 21.7 Å². The largest absolute Gasteiger partial charge is 0.337 e. The summed E-state index contributed by atoms with van der Waals surface area (Å²) in [5.41, 5.74) is 0.483. The molecule has 1 saturated heterocycles. The number of hydrogen-bond donors (Lipinski definition) is 1. The van der Waals surface area contributed by atoms with Crippen LogP contribution >= 0.6 is 23.2 Å². The van der Waals surface area contributed by atoms with Crippen LogP contribution in [0.3, 0.4) is 0 Å². The first kappa shape index (κ1) is 12.8. The summed E-state index contributed by atoms with van der Waals surface area (Å²) in [6.07, 6.45) is 4.86. The molecule has 2 aromatic heterocycles. The van der Waals surface area contributed by atoms with Gasteiger partial charge in [-0.2, -0.15) is 4.98 Å². The molecule has 1 aliphatic rings. The van der Waals surface area contributed by atoms with Crippen molar-refractivity contribution in [1.82, 2.24) is 20.4 Å². The number of pyridine rings is 1. The average molecular weight is 299 g/mol. The molecule has 1 N–H and O–H groups in total. The lowest BCUT2D eigenvalue weighted by molar-refractivity contribution is 0.297. The molecule has 1 fully saturated rings. The second kappa shape index (κ2) is 5.45. The van der Waals surface area contributed by atoms with E-state index in [1.165, 1.54) is 12.6 Å². The molecule has 1 aliphatic heterocycles. The van der Waals surface area contributed by atoms with E-state index in [1.54, 1.807) is 6.07 Å². The van der Waals surface area contributed by atoms with Gasteiger partial charge < -0.3 is 9.84 Å². The van der Waals surface area contributed by atoms with Crippen molar-refractivity contribution in [3.05, 3.63) is 28.2 Å². The van der Waals surface area contributed by atoms with Gasteiger partial charge in [-0.1, -0.05) is 34.8 Å². The first-order valence-electron chi connectivity index (χ1n) is 6.12. The zero-order valence-corrected chi connectivity index (χ0v) is 11.6. The Morgan fingerprint density at radius 3 is 2.95 bits per heavy atom. The third-order valence-corrected chi connectivity index (χ3v) is 3.56. The summed E-state index contributed by atoms with van der Waals surface area (Å²) in [4.78, 5) is 8.50. The van der Waals surface area contributed by atoms with Crippen LogP contribution in [0.1, 0.15) is 31.2 Å². The fourth-order valence-electron chi connectivity index (χ4n) is 2.11. The Morgan fingerprint density at radius 1 is 1.32 bits per heavy atom. The summed E-state index contributed by atoms with van der Waals surface area (Å²) < 4.78 is 5.29. The molecule has 0 amide bonds. The maximum Gasteiger partial charge on any atom is 0.244 e. The average Bonchev–Trinajstić information content (AvgIpc) is 2.89. The normalized spacial score (nSPS) is 19.6. The van der Waals surface area contributed by atoms with Gasteiger partial charge in [0.05, 0.1) is 16.1 Å². The van der Waals surface area contributed by atoms with Gasteiger partial charge in [0.1, 0.15) is 5.69 Å². The Bertz CT molecular complexity index is 581. The monoisotopic (exact) mass is 298 g/mol. The van der Waals surface area contributed by atoms with E-state index in [0.29, 0.717) is 27.5 Å². The van der Waals surface area contributed by atoms with Crippen LogP contribution in [-0.2, 0) is 0 Å². The second-order valence-corrected chi connectivity index (χ2v) is 5.29. The lowest BCUT2D eigenvalue weighted by Gasteiger charge is -2.19. The van der Waals surface area contributed by atoms with Crippen LogP contribution in [0.4, 0.5) is 0 Å². The molecule has 3 heterocycles. The summed E-state index contributed by atoms with van der Waals surface area (Å²) in [6.45, 7) is 0.975. The van der Waals surface area contributed by atoms with Gasteiger partial charge >= 0.3 is 0 Å². The highest BCUT2D eigenvalue weighted by atomic mass is 35.5. The minimum atomic E-state index is 0.126. The number of halogens is 2. The molecule has 2 aromatic rings. The third-order valence-electron chi connectivity index (χ3n) is 3.07. The zero-order valence-electron chi connectivity index (χ0n) is 10.1. The van der Waals surface area contributed by atoms with Crippen molar-refractivity contribution >= 4 is 23.2 Å². The number of aromatic nitrogens is 3. The number of nitrogens with one attached hydrogen (secondary N) is 1. The standard InChI is InChI=1S/C12H12Cl2N4O/c13-7-5-8(14)10(16-6-7)11-17-12(19-18-11)9-3-1-2-4-15-9/h5-6,9,15H,1-4H2/t9-/m1/s1. The van der Waals surface area contributed by atoms with E-state index in [-0.39, 0.29) is 6.04 Å². The Hall–Kier alpha value is -1.17. The minimum absolute atomic E-state index is 0.126. The van der Waals surface area contributed by atoms with E-state index >= 15 is 0 Å². The highest BCUT2D eigenvalue weighted by molar-refractivity contribution is 6.35. The molecule has 100 valence electrons. The summed E-state index contributed by atoms with van der Waals surface area (Å²) in [5, 5.41) is 8.18. The van der Waals surface area contributed by atoms with Crippen LogP contribution in [0.25, 0.3) is 11.5 Å². The number of nitrogens with zero attached hydrogens (tertiary/aromatic N) is 3. The molecule has 0 saturated carbocycles. The Balaban J connectivity index is 1.87. The van der Waals surface area contributed by atoms with Crippen LogP contribution in [0.15, 0.2) is 16.8 Å². The third kappa shape index (κ3) is 2.73. The zero-order chi connectivity index (χ0) is 13.2. The molecule has 0 spiro atoms. The topological polar surface area (TPSA) is 63.8 Å². The molecule has 0 aliphatic carbocycles. The first-order valence-corrected chi connectivity index (χ1v) is 6.88. The number of hydrogen-bond acceptors (Lipinski definition) is 5. The maximum absolute atomic E-state index is 6.07. The van der Waals surface area contributed by atoms with Crippen molar-refractivity contribution < 1.29 is 4.52 Å². The lowest BCUT2D eigenvalue weighted by Crippen LogP contribution is -2.26. The van der Waals surface area contributed by atoms with Crippen molar-refractivity contribution in [1.29, 1.82) is 0 Å². The van der Waals surface area contributed by atoms with E-state index in [0.717, 1.165) is 19.4 Å². The van der Waals surface area contributed by atoms with Gasteiger partial charge in [0.15, 0.2) is 0 Å². The van der Waals surface area contributed by atoms with Crippen LogP contribution in [0, 0.1) is 0 Å². The highest BCUT2D eigenvalue weighted by Crippen LogP contribution is 2.28. The Labute approximate surface area is 120 Å². The number of piperidine rings is 1. The molecule has 19 heavy (non-hydrogen) atoms. The smallest absolute Gasteiger partial charge is 0.244 e. The SMILES string of the molecule is Clc1cnc(-c2noc([C@H]3CCCCN3)n2)c(Cl)c1. The van der Waals surface area contributed by atoms with E-state index in [9.17, 15) is 0 Å². The van der Waals surface area contributed by atoms with Gasteiger partial charge in [0, 0.05) is 6.20 Å². The van der Waals surface area contributed by atoms with Crippen molar-refractivity contribution in [2.24, 2.45) is 0 Å². The molecule has 0 unspecified atom stereocenters. The molecule has 1 atom stereocenters. The van der Waals surface area contributed by atoms with Gasteiger partial charge in [0.2, 0.25) is 11.7 Å². The predicted molar refractivity (Wildman–Crippen MR) is 72.1 cm³/mol. The molecular formula is C12H12Cl2N4O. The quantitative estimate of drug-likeness (QED) is 0.922. The van der Waals surface area contributed by atoms with E-state index in [1.807, 2.05) is 0 Å². The highest BCUT2D eigenvalue weighted by Gasteiger charge is 2.22. The fourth-order valence-corrected chi connectivity index (χ4v) is 2.58. The van der Waals surface area contributed by atoms with Crippen molar-refractivity contribution in [2.75, 3.05) is 6.54 Å². The summed E-state index contributed by atoms with van der Waals surface area (Å²) in [6, 6.07) is 1.74. The van der Waals surface area contributed by atoms with Crippen LogP contribution in [0.2, 0.25) is 10.0 Å². The van der Waals surface area contributed by atoms with E-state index < -0.39 is 0 Å². The van der Waals surface area contributed by atoms with Crippen LogP contribution in [0.5, 0.6) is 0 Å². The van der Waals surface area contributed by atoms with Crippen molar-refractivity contribution in [3.8, 4) is 11.5 Å². The van der Waals surface area contributed by atoms with Gasteiger partial charge in [-0.3, -0.25) is 0 Å². The fraction of sp³-hybridized carbons (Fsp3) is 0.417. The molecule has 0 bridgehead atoms.